The summed E-state index contributed by atoms with van der Waals surface area (Å²) in [6.45, 7) is 0. The van der Waals surface area contributed by atoms with Gasteiger partial charge < -0.3 is 9.64 Å². The number of ether oxygens (including phenoxy) is 1. The molecule has 0 unspecified atom stereocenters. The van der Waals surface area contributed by atoms with E-state index in [1.807, 2.05) is 19.0 Å². The van der Waals surface area contributed by atoms with Crippen LogP contribution in [0.15, 0.2) is 133 Å². The highest BCUT2D eigenvalue weighted by Crippen LogP contribution is 2.45. The largest absolute Gasteiger partial charge is 0.431 e. The zero-order valence-corrected chi connectivity index (χ0v) is 23.6. The molecule has 0 aliphatic heterocycles. The summed E-state index contributed by atoms with van der Waals surface area (Å²) in [5.74, 6) is 0.765. The molecule has 4 heteroatoms. The smallest absolute Gasteiger partial charge is 0.264 e. The second-order valence-corrected chi connectivity index (χ2v) is 12.1. The Labute approximate surface area is 236 Å². The van der Waals surface area contributed by atoms with E-state index in [9.17, 15) is 0 Å². The Balaban J connectivity index is 1.74. The first-order chi connectivity index (χ1) is 19.1. The molecular formula is C35H28NOPS. The van der Waals surface area contributed by atoms with Crippen molar-refractivity contribution < 1.29 is 4.74 Å². The van der Waals surface area contributed by atoms with Crippen LogP contribution in [0, 0.1) is 0 Å². The molecule has 0 bridgehead atoms. The zero-order valence-electron chi connectivity index (χ0n) is 21.9. The van der Waals surface area contributed by atoms with Gasteiger partial charge in [-0.25, -0.2) is 0 Å². The summed E-state index contributed by atoms with van der Waals surface area (Å²) in [4.78, 5) is 1.83. The zero-order chi connectivity index (χ0) is 26.8. The number of hydrogen-bond donors (Lipinski definition) is 0. The van der Waals surface area contributed by atoms with Crippen molar-refractivity contribution in [1.82, 2.24) is 4.90 Å². The number of thiocarbonyl (C=S) groups is 1. The van der Waals surface area contributed by atoms with Crippen LogP contribution in [0.3, 0.4) is 0 Å². The minimum atomic E-state index is -0.863. The summed E-state index contributed by atoms with van der Waals surface area (Å²) >= 11 is 5.63. The van der Waals surface area contributed by atoms with Crippen molar-refractivity contribution >= 4 is 62.8 Å². The van der Waals surface area contributed by atoms with Crippen LogP contribution in [0.2, 0.25) is 0 Å². The molecule has 190 valence electrons. The van der Waals surface area contributed by atoms with Gasteiger partial charge in [-0.05, 0) is 63.7 Å². The van der Waals surface area contributed by atoms with Gasteiger partial charge in [0.2, 0.25) is 0 Å². The summed E-state index contributed by atoms with van der Waals surface area (Å²) in [6.07, 6.45) is 0. The van der Waals surface area contributed by atoms with E-state index in [1.54, 1.807) is 0 Å². The first-order valence-electron chi connectivity index (χ1n) is 12.9. The highest BCUT2D eigenvalue weighted by Gasteiger charge is 2.25. The van der Waals surface area contributed by atoms with Gasteiger partial charge in [0.1, 0.15) is 5.75 Å². The van der Waals surface area contributed by atoms with Gasteiger partial charge in [0.25, 0.3) is 5.17 Å². The number of rotatable bonds is 5. The molecule has 0 heterocycles. The van der Waals surface area contributed by atoms with Gasteiger partial charge in [-0.2, -0.15) is 0 Å². The topological polar surface area (TPSA) is 12.5 Å². The molecule has 0 aliphatic rings. The lowest BCUT2D eigenvalue weighted by molar-refractivity contribution is 0.451. The summed E-state index contributed by atoms with van der Waals surface area (Å²) < 4.78 is 6.43. The SMILES string of the molecule is CN(C)C(=S)Oc1ccc2ccccc2c1-c1c(P(c2ccccc2)c2ccccc2)ccc2ccccc12. The van der Waals surface area contributed by atoms with Gasteiger partial charge in [0.15, 0.2) is 0 Å². The van der Waals surface area contributed by atoms with Gasteiger partial charge in [-0.3, -0.25) is 0 Å². The fraction of sp³-hybridized carbons (Fsp3) is 0.0571. The molecule has 0 amide bonds. The average Bonchev–Trinajstić information content (AvgIpc) is 2.98. The second kappa shape index (κ2) is 11.0. The van der Waals surface area contributed by atoms with Crippen LogP contribution in [0.1, 0.15) is 0 Å². The Morgan fingerprint density at radius 3 is 1.62 bits per heavy atom. The van der Waals surface area contributed by atoms with E-state index in [0.29, 0.717) is 5.17 Å². The molecule has 2 nitrogen and oxygen atoms in total. The van der Waals surface area contributed by atoms with Gasteiger partial charge in [-0.15, -0.1) is 0 Å². The maximum absolute atomic E-state index is 6.43. The third-order valence-electron chi connectivity index (χ3n) is 6.88. The fourth-order valence-corrected chi connectivity index (χ4v) is 7.63. The molecule has 6 rings (SSSR count). The maximum atomic E-state index is 6.43. The van der Waals surface area contributed by atoms with E-state index in [2.05, 4.69) is 133 Å². The molecule has 39 heavy (non-hydrogen) atoms. The normalized spacial score (nSPS) is 11.2. The lowest BCUT2D eigenvalue weighted by Gasteiger charge is -2.26. The van der Waals surface area contributed by atoms with E-state index < -0.39 is 7.92 Å². The third kappa shape index (κ3) is 4.92. The molecule has 0 fully saturated rings. The van der Waals surface area contributed by atoms with Gasteiger partial charge in [0.05, 0.1) is 0 Å². The quantitative estimate of drug-likeness (QED) is 0.164. The van der Waals surface area contributed by atoms with Crippen molar-refractivity contribution in [2.24, 2.45) is 0 Å². The molecule has 0 N–H and O–H groups in total. The van der Waals surface area contributed by atoms with Crippen LogP contribution in [0.25, 0.3) is 32.7 Å². The Hall–Kier alpha value is -4.04. The lowest BCUT2D eigenvalue weighted by atomic mass is 9.93. The first-order valence-corrected chi connectivity index (χ1v) is 14.7. The Kier molecular flexibility index (Phi) is 7.11. The molecule has 0 aromatic heterocycles. The highest BCUT2D eigenvalue weighted by atomic mass is 32.1. The molecular weight excluding hydrogens is 513 g/mol. The molecule has 0 aliphatic carbocycles. The molecule has 0 saturated heterocycles. The molecule has 0 spiro atoms. The van der Waals surface area contributed by atoms with E-state index in [4.69, 9.17) is 17.0 Å². The van der Waals surface area contributed by atoms with Crippen molar-refractivity contribution in [2.45, 2.75) is 0 Å². The Morgan fingerprint density at radius 2 is 1.05 bits per heavy atom. The van der Waals surface area contributed by atoms with Gasteiger partial charge in [-0.1, -0.05) is 127 Å². The Morgan fingerprint density at radius 1 is 0.564 bits per heavy atom. The maximum Gasteiger partial charge on any atom is 0.264 e. The predicted octanol–water partition coefficient (Wildman–Crippen LogP) is 7.64. The standard InChI is InChI=1S/C35H28NOPS/c1-36(2)35(39)37-31-23-21-25-13-9-11-19-29(25)33(31)34-30-20-12-10-14-26(30)22-24-32(34)38(27-15-5-3-6-16-27)28-17-7-4-8-18-28/h3-24H,1-2H3. The van der Waals surface area contributed by atoms with E-state index in [-0.39, 0.29) is 0 Å². The molecule has 0 saturated carbocycles. The predicted molar refractivity (Wildman–Crippen MR) is 173 cm³/mol. The van der Waals surface area contributed by atoms with Crippen molar-refractivity contribution in [1.29, 1.82) is 0 Å². The van der Waals surface area contributed by atoms with Crippen LogP contribution in [-0.4, -0.2) is 24.2 Å². The van der Waals surface area contributed by atoms with Crippen LogP contribution in [-0.2, 0) is 0 Å². The first kappa shape index (κ1) is 25.2. The van der Waals surface area contributed by atoms with E-state index in [0.717, 1.165) is 16.7 Å². The average molecular weight is 542 g/mol. The van der Waals surface area contributed by atoms with E-state index >= 15 is 0 Å². The van der Waals surface area contributed by atoms with Crippen LogP contribution < -0.4 is 20.7 Å². The summed E-state index contributed by atoms with van der Waals surface area (Å²) in [5, 5.41) is 9.04. The summed E-state index contributed by atoms with van der Waals surface area (Å²) in [6, 6.07) is 47.6. The molecule has 6 aromatic carbocycles. The summed E-state index contributed by atoms with van der Waals surface area (Å²) in [7, 11) is 2.96. The summed E-state index contributed by atoms with van der Waals surface area (Å²) in [5.41, 5.74) is 2.27. The van der Waals surface area contributed by atoms with Crippen molar-refractivity contribution in [2.75, 3.05) is 14.1 Å². The number of benzene rings is 6. The van der Waals surface area contributed by atoms with Crippen LogP contribution in [0.4, 0.5) is 0 Å². The minimum absolute atomic E-state index is 0.432. The number of nitrogens with zero attached hydrogens (tertiary/aromatic N) is 1. The fourth-order valence-electron chi connectivity index (χ4n) is 5.07. The van der Waals surface area contributed by atoms with Crippen molar-refractivity contribution in [3.8, 4) is 16.9 Å². The molecule has 6 aromatic rings. The van der Waals surface area contributed by atoms with Crippen molar-refractivity contribution in [3.63, 3.8) is 0 Å². The number of fused-ring (bicyclic) bond motifs is 2. The molecule has 0 radical (unpaired) electrons. The van der Waals surface area contributed by atoms with Gasteiger partial charge >= 0.3 is 0 Å². The lowest BCUT2D eigenvalue weighted by Crippen LogP contribution is -2.26. The third-order valence-corrected chi connectivity index (χ3v) is 9.81. The monoisotopic (exact) mass is 541 g/mol. The second-order valence-electron chi connectivity index (χ2n) is 9.61. The minimum Gasteiger partial charge on any atom is -0.431 e. The van der Waals surface area contributed by atoms with Crippen LogP contribution >= 0.6 is 20.1 Å². The van der Waals surface area contributed by atoms with E-state index in [1.165, 1.54) is 37.6 Å². The Bertz CT molecular complexity index is 1740. The molecule has 0 atom stereocenters. The van der Waals surface area contributed by atoms with Crippen LogP contribution in [0.5, 0.6) is 5.75 Å². The van der Waals surface area contributed by atoms with Crippen molar-refractivity contribution in [3.05, 3.63) is 133 Å². The number of hydrogen-bond acceptors (Lipinski definition) is 2. The van der Waals surface area contributed by atoms with Gasteiger partial charge in [0, 0.05) is 25.2 Å². The highest BCUT2D eigenvalue weighted by molar-refractivity contribution is 7.80.